The van der Waals surface area contributed by atoms with E-state index < -0.39 is 0 Å². The van der Waals surface area contributed by atoms with E-state index >= 15 is 0 Å². The molecule has 2 fully saturated rings. The molecule has 7 nitrogen and oxygen atoms in total. The number of nitrogens with one attached hydrogen (secondary N) is 2. The van der Waals surface area contributed by atoms with Crippen LogP contribution in [-0.4, -0.2) is 55.6 Å². The second-order valence-corrected chi connectivity index (χ2v) is 6.89. The Morgan fingerprint density at radius 2 is 1.96 bits per heavy atom. The van der Waals surface area contributed by atoms with Crippen LogP contribution >= 0.6 is 0 Å². The van der Waals surface area contributed by atoms with Crippen LogP contribution in [-0.2, 0) is 9.59 Å². The lowest BCUT2D eigenvalue weighted by molar-refractivity contribution is -0.130. The highest BCUT2D eigenvalue weighted by Crippen LogP contribution is 2.30. The highest BCUT2D eigenvalue weighted by atomic mass is 16.5. The van der Waals surface area contributed by atoms with Crippen LogP contribution in [0, 0.1) is 0 Å². The molecule has 2 aliphatic rings. The van der Waals surface area contributed by atoms with Gasteiger partial charge in [-0.1, -0.05) is 0 Å². The first kappa shape index (κ1) is 18.4. The highest BCUT2D eigenvalue weighted by molar-refractivity contribution is 5.84. The summed E-state index contributed by atoms with van der Waals surface area (Å²) in [5.41, 5.74) is 0.753. The van der Waals surface area contributed by atoms with Gasteiger partial charge in [0.25, 0.3) is 5.91 Å². The monoisotopic (exact) mass is 361 g/mol. The van der Waals surface area contributed by atoms with Gasteiger partial charge in [-0.15, -0.1) is 0 Å². The summed E-state index contributed by atoms with van der Waals surface area (Å²) in [6, 6.07) is 5.34. The molecule has 0 spiro atoms. The number of methoxy groups -OCH3 is 1. The summed E-state index contributed by atoms with van der Waals surface area (Å²) < 4.78 is 10.9. The fraction of sp³-hybridized carbons (Fsp3) is 0.579. The number of rotatable bonds is 8. The van der Waals surface area contributed by atoms with Crippen molar-refractivity contribution in [1.29, 1.82) is 0 Å². The van der Waals surface area contributed by atoms with Crippen molar-refractivity contribution < 1.29 is 19.1 Å². The number of amides is 2. The molecule has 1 aliphatic carbocycles. The third kappa shape index (κ3) is 4.80. The van der Waals surface area contributed by atoms with Gasteiger partial charge in [-0.3, -0.25) is 9.59 Å². The van der Waals surface area contributed by atoms with Crippen LogP contribution in [0.2, 0.25) is 0 Å². The minimum Gasteiger partial charge on any atom is -0.493 e. The maximum absolute atomic E-state index is 12.4. The van der Waals surface area contributed by atoms with Crippen molar-refractivity contribution in [2.24, 2.45) is 0 Å². The van der Waals surface area contributed by atoms with E-state index in [9.17, 15) is 9.59 Å². The smallest absolute Gasteiger partial charge is 0.258 e. The SMILES string of the molecule is COc1ccc(N[C@@H](C)C(=O)N2CCCC2)cc1OCC(=O)NC1CC1. The topological polar surface area (TPSA) is 79.9 Å². The van der Waals surface area contributed by atoms with Gasteiger partial charge in [0.05, 0.1) is 7.11 Å². The summed E-state index contributed by atoms with van der Waals surface area (Å²) in [5.74, 6) is 0.993. The molecule has 0 unspecified atom stereocenters. The zero-order valence-electron chi connectivity index (χ0n) is 15.4. The molecule has 3 rings (SSSR count). The predicted octanol–water partition coefficient (Wildman–Crippen LogP) is 1.78. The molecule has 2 amide bonds. The standard InChI is InChI=1S/C19H27N3O4/c1-13(19(24)22-9-3-4-10-22)20-15-7-8-16(25-2)17(11-15)26-12-18(23)21-14-5-6-14/h7-8,11,13-14,20H,3-6,9-10,12H2,1-2H3,(H,21,23)/t13-/m0/s1. The van der Waals surface area contributed by atoms with Crippen molar-refractivity contribution in [3.63, 3.8) is 0 Å². The Hall–Kier alpha value is -2.44. The number of hydrogen-bond donors (Lipinski definition) is 2. The van der Waals surface area contributed by atoms with E-state index in [0.29, 0.717) is 17.5 Å². The lowest BCUT2D eigenvalue weighted by Gasteiger charge is -2.22. The van der Waals surface area contributed by atoms with E-state index in [4.69, 9.17) is 9.47 Å². The highest BCUT2D eigenvalue weighted by Gasteiger charge is 2.24. The van der Waals surface area contributed by atoms with Gasteiger partial charge in [-0.25, -0.2) is 0 Å². The molecule has 1 saturated heterocycles. The van der Waals surface area contributed by atoms with Crippen LogP contribution in [0.1, 0.15) is 32.6 Å². The molecule has 142 valence electrons. The first-order valence-electron chi connectivity index (χ1n) is 9.22. The van der Waals surface area contributed by atoms with Gasteiger partial charge in [0, 0.05) is 30.9 Å². The fourth-order valence-corrected chi connectivity index (χ4v) is 3.04. The quantitative estimate of drug-likeness (QED) is 0.738. The minimum absolute atomic E-state index is 0.0570. The van der Waals surface area contributed by atoms with E-state index in [0.717, 1.165) is 44.5 Å². The molecule has 2 N–H and O–H groups in total. The molecule has 26 heavy (non-hydrogen) atoms. The molecular formula is C19H27N3O4. The van der Waals surface area contributed by atoms with Crippen LogP contribution in [0.4, 0.5) is 5.69 Å². The van der Waals surface area contributed by atoms with E-state index in [2.05, 4.69) is 10.6 Å². The molecule has 1 aromatic rings. The van der Waals surface area contributed by atoms with Crippen LogP contribution < -0.4 is 20.1 Å². The first-order chi connectivity index (χ1) is 12.6. The Morgan fingerprint density at radius 1 is 1.23 bits per heavy atom. The number of nitrogens with zero attached hydrogens (tertiary/aromatic N) is 1. The number of carbonyl (C=O) groups is 2. The molecule has 1 saturated carbocycles. The Kier molecular flexibility index (Phi) is 5.85. The number of hydrogen-bond acceptors (Lipinski definition) is 5. The molecule has 1 aliphatic heterocycles. The molecule has 0 bridgehead atoms. The average Bonchev–Trinajstić information content (AvgIpc) is 3.28. The summed E-state index contributed by atoms with van der Waals surface area (Å²) in [6.07, 6.45) is 4.22. The number of anilines is 1. The third-order valence-electron chi connectivity index (χ3n) is 4.64. The first-order valence-corrected chi connectivity index (χ1v) is 9.22. The van der Waals surface area contributed by atoms with Crippen LogP contribution in [0.25, 0.3) is 0 Å². The van der Waals surface area contributed by atoms with Crippen molar-refractivity contribution in [3.8, 4) is 11.5 Å². The normalized spacial score (nSPS) is 17.5. The van der Waals surface area contributed by atoms with Crippen molar-refractivity contribution in [2.45, 2.75) is 44.7 Å². The van der Waals surface area contributed by atoms with E-state index in [-0.39, 0.29) is 24.5 Å². The molecule has 7 heteroatoms. The molecule has 0 radical (unpaired) electrons. The zero-order chi connectivity index (χ0) is 18.5. The van der Waals surface area contributed by atoms with Gasteiger partial charge in [0.15, 0.2) is 18.1 Å². The average molecular weight is 361 g/mol. The van der Waals surface area contributed by atoms with Crippen molar-refractivity contribution in [1.82, 2.24) is 10.2 Å². The van der Waals surface area contributed by atoms with Crippen molar-refractivity contribution in [2.75, 3.05) is 32.1 Å². The van der Waals surface area contributed by atoms with Gasteiger partial charge in [0.2, 0.25) is 5.91 Å². The zero-order valence-corrected chi connectivity index (χ0v) is 15.4. The van der Waals surface area contributed by atoms with Crippen molar-refractivity contribution in [3.05, 3.63) is 18.2 Å². The second-order valence-electron chi connectivity index (χ2n) is 6.89. The van der Waals surface area contributed by atoms with Gasteiger partial charge < -0.3 is 25.0 Å². The fourth-order valence-electron chi connectivity index (χ4n) is 3.04. The number of carbonyl (C=O) groups excluding carboxylic acids is 2. The van der Waals surface area contributed by atoms with Crippen LogP contribution in [0.15, 0.2) is 18.2 Å². The Bertz CT molecular complexity index is 654. The summed E-state index contributed by atoms with van der Waals surface area (Å²) >= 11 is 0. The predicted molar refractivity (Wildman–Crippen MR) is 98.6 cm³/mol. The van der Waals surface area contributed by atoms with E-state index in [1.807, 2.05) is 17.9 Å². The Morgan fingerprint density at radius 3 is 2.62 bits per heavy atom. The molecule has 1 heterocycles. The number of ether oxygens (including phenoxy) is 2. The summed E-state index contributed by atoms with van der Waals surface area (Å²) in [4.78, 5) is 26.1. The van der Waals surface area contributed by atoms with Gasteiger partial charge >= 0.3 is 0 Å². The Balaban J connectivity index is 1.59. The molecule has 0 aromatic heterocycles. The number of benzene rings is 1. The lowest BCUT2D eigenvalue weighted by Crippen LogP contribution is -2.39. The van der Waals surface area contributed by atoms with Crippen molar-refractivity contribution >= 4 is 17.5 Å². The largest absolute Gasteiger partial charge is 0.493 e. The molecular weight excluding hydrogens is 334 g/mol. The molecule has 1 atom stereocenters. The maximum atomic E-state index is 12.4. The Labute approximate surface area is 154 Å². The number of likely N-dealkylation sites (tertiary alicyclic amines) is 1. The second kappa shape index (κ2) is 8.29. The summed E-state index contributed by atoms with van der Waals surface area (Å²) in [5, 5.41) is 6.10. The third-order valence-corrected chi connectivity index (χ3v) is 4.64. The van der Waals surface area contributed by atoms with Gasteiger partial charge in [-0.2, -0.15) is 0 Å². The van der Waals surface area contributed by atoms with Gasteiger partial charge in [-0.05, 0) is 44.7 Å². The minimum atomic E-state index is -0.326. The van der Waals surface area contributed by atoms with Crippen LogP contribution in [0.3, 0.4) is 0 Å². The lowest BCUT2D eigenvalue weighted by atomic mass is 10.2. The van der Waals surface area contributed by atoms with Gasteiger partial charge in [0.1, 0.15) is 6.04 Å². The summed E-state index contributed by atoms with van der Waals surface area (Å²) in [7, 11) is 1.55. The van der Waals surface area contributed by atoms with E-state index in [1.54, 1.807) is 19.2 Å². The summed E-state index contributed by atoms with van der Waals surface area (Å²) in [6.45, 7) is 3.46. The molecule has 1 aromatic carbocycles. The van der Waals surface area contributed by atoms with Crippen LogP contribution in [0.5, 0.6) is 11.5 Å². The van der Waals surface area contributed by atoms with E-state index in [1.165, 1.54) is 0 Å². The maximum Gasteiger partial charge on any atom is 0.258 e.